The Labute approximate surface area is 200 Å². The summed E-state index contributed by atoms with van der Waals surface area (Å²) in [6.45, 7) is 18.1. The number of carbonyl (C=O) groups is 1. The summed E-state index contributed by atoms with van der Waals surface area (Å²) in [6.07, 6.45) is 3.16. The van der Waals surface area contributed by atoms with Crippen molar-refractivity contribution in [3.8, 4) is 11.5 Å². The highest BCUT2D eigenvalue weighted by Gasteiger charge is 2.12. The molecule has 0 bridgehead atoms. The molecule has 0 saturated heterocycles. The quantitative estimate of drug-likeness (QED) is 0.244. The molecule has 0 spiro atoms. The molecule has 0 amide bonds. The largest absolute Gasteiger partial charge is 0.489 e. The fourth-order valence-corrected chi connectivity index (χ4v) is 3.14. The minimum absolute atomic E-state index is 0. The van der Waals surface area contributed by atoms with Gasteiger partial charge in [0, 0.05) is 18.6 Å². The maximum atomic E-state index is 12.2. The summed E-state index contributed by atoms with van der Waals surface area (Å²) in [7, 11) is 0. The number of carbonyl (C=O) groups excluding carboxylic acids is 1. The van der Waals surface area contributed by atoms with Crippen molar-refractivity contribution in [1.29, 1.82) is 0 Å². The Morgan fingerprint density at radius 2 is 1.36 bits per heavy atom. The van der Waals surface area contributed by atoms with Crippen molar-refractivity contribution in [2.75, 3.05) is 0 Å². The van der Waals surface area contributed by atoms with E-state index < -0.39 is 0 Å². The highest BCUT2D eigenvalue weighted by atomic mass is 16.5. The Morgan fingerprint density at radius 3 is 1.97 bits per heavy atom. The van der Waals surface area contributed by atoms with Gasteiger partial charge in [0.25, 0.3) is 0 Å². The molecule has 0 aliphatic rings. The highest BCUT2D eigenvalue weighted by Crippen LogP contribution is 2.23. The van der Waals surface area contributed by atoms with Crippen LogP contribution in [0.4, 0.5) is 0 Å². The second-order valence-electron chi connectivity index (χ2n) is 6.63. The van der Waals surface area contributed by atoms with Crippen molar-refractivity contribution in [1.82, 2.24) is 0 Å². The molecule has 0 N–H and O–H groups in total. The summed E-state index contributed by atoms with van der Waals surface area (Å²) in [5.41, 5.74) is 4.52. The zero-order valence-corrected chi connectivity index (χ0v) is 20.6. The lowest BCUT2D eigenvalue weighted by atomic mass is 9.98. The molecule has 0 atom stereocenters. The Kier molecular flexibility index (Phi) is 12.7. The van der Waals surface area contributed by atoms with Gasteiger partial charge in [0.1, 0.15) is 24.7 Å². The molecule has 0 radical (unpaired) electrons. The van der Waals surface area contributed by atoms with E-state index in [1.165, 1.54) is 6.08 Å². The molecular weight excluding hydrogens is 408 g/mol. The minimum atomic E-state index is -0.0975. The van der Waals surface area contributed by atoms with Crippen molar-refractivity contribution < 1.29 is 15.7 Å². The lowest BCUT2D eigenvalue weighted by molar-refractivity contribution is 0.104. The van der Waals surface area contributed by atoms with Gasteiger partial charge in [-0.15, -0.1) is 0 Å². The van der Waals surface area contributed by atoms with Crippen molar-refractivity contribution in [3.05, 3.63) is 114 Å². The van der Waals surface area contributed by atoms with Gasteiger partial charge >= 0.3 is 0 Å². The Bertz CT molecular complexity index is 1040. The molecule has 0 unspecified atom stereocenters. The smallest absolute Gasteiger partial charge is 0.185 e. The number of aryl methyl sites for hydroxylation is 1. The molecule has 3 nitrogen and oxygen atoms in total. The van der Waals surface area contributed by atoms with Crippen LogP contribution in [0.25, 0.3) is 6.08 Å². The predicted octanol–water partition coefficient (Wildman–Crippen LogP) is 8.46. The molecule has 3 heteroatoms. The SMILES string of the molecule is C=CC(=O)c1c(C)cccc1COc1cccc(OCc2ccccc2C=C)c1.CC.CC.[HH]. The average Bonchev–Trinajstić information content (AvgIpc) is 2.88. The molecule has 0 saturated carbocycles. The van der Waals surface area contributed by atoms with Crippen LogP contribution in [0.2, 0.25) is 0 Å². The Morgan fingerprint density at radius 1 is 0.818 bits per heavy atom. The van der Waals surface area contributed by atoms with Crippen LogP contribution in [-0.2, 0) is 13.2 Å². The third kappa shape index (κ3) is 8.12. The van der Waals surface area contributed by atoms with Crippen LogP contribution in [0.1, 0.15) is 61.7 Å². The van der Waals surface area contributed by atoms with Gasteiger partial charge in [-0.05, 0) is 41.8 Å². The van der Waals surface area contributed by atoms with E-state index in [1.54, 1.807) is 0 Å². The van der Waals surface area contributed by atoms with Gasteiger partial charge in [-0.2, -0.15) is 0 Å². The summed E-state index contributed by atoms with van der Waals surface area (Å²) >= 11 is 0. The van der Waals surface area contributed by atoms with E-state index in [9.17, 15) is 4.79 Å². The maximum Gasteiger partial charge on any atom is 0.185 e. The molecule has 0 aliphatic heterocycles. The third-order valence-corrected chi connectivity index (χ3v) is 4.66. The summed E-state index contributed by atoms with van der Waals surface area (Å²) in [6, 6.07) is 21.2. The topological polar surface area (TPSA) is 35.5 Å². The maximum absolute atomic E-state index is 12.2. The van der Waals surface area contributed by atoms with Crippen LogP contribution >= 0.6 is 0 Å². The van der Waals surface area contributed by atoms with Crippen molar-refractivity contribution in [2.45, 2.75) is 47.8 Å². The number of rotatable bonds is 9. The Hall–Kier alpha value is -3.59. The van der Waals surface area contributed by atoms with Crippen LogP contribution in [0.3, 0.4) is 0 Å². The molecule has 3 aromatic rings. The van der Waals surface area contributed by atoms with Crippen LogP contribution in [-0.4, -0.2) is 5.78 Å². The lowest BCUT2D eigenvalue weighted by Gasteiger charge is -2.13. The summed E-state index contributed by atoms with van der Waals surface area (Å²) in [4.78, 5) is 12.2. The van der Waals surface area contributed by atoms with E-state index in [-0.39, 0.29) is 7.21 Å². The fraction of sp³-hybridized carbons (Fsp3) is 0.233. The zero-order valence-electron chi connectivity index (χ0n) is 20.6. The molecule has 3 aromatic carbocycles. The van der Waals surface area contributed by atoms with Crippen molar-refractivity contribution in [3.63, 3.8) is 0 Å². The predicted molar refractivity (Wildman–Crippen MR) is 142 cm³/mol. The molecule has 176 valence electrons. The highest BCUT2D eigenvalue weighted by molar-refractivity contribution is 6.06. The number of ether oxygens (including phenoxy) is 2. The van der Waals surface area contributed by atoms with E-state index in [0.29, 0.717) is 30.3 Å². The first-order chi connectivity index (χ1) is 16.1. The number of hydrogen-bond acceptors (Lipinski definition) is 3. The van der Waals surface area contributed by atoms with Crippen LogP contribution in [0.15, 0.2) is 86.0 Å². The molecule has 0 aromatic heterocycles. The summed E-state index contributed by atoms with van der Waals surface area (Å²) in [5, 5.41) is 0. The van der Waals surface area contributed by atoms with Crippen LogP contribution in [0, 0.1) is 6.92 Å². The van der Waals surface area contributed by atoms with Crippen molar-refractivity contribution >= 4 is 11.9 Å². The average molecular weight is 447 g/mol. The molecule has 0 heterocycles. The summed E-state index contributed by atoms with van der Waals surface area (Å²) < 4.78 is 11.9. The van der Waals surface area contributed by atoms with Gasteiger partial charge < -0.3 is 9.47 Å². The fourth-order valence-electron chi connectivity index (χ4n) is 3.14. The number of hydrogen-bond donors (Lipinski definition) is 0. The van der Waals surface area contributed by atoms with Gasteiger partial charge in [-0.1, -0.05) is 95.5 Å². The number of benzene rings is 3. The third-order valence-electron chi connectivity index (χ3n) is 4.66. The monoisotopic (exact) mass is 446 g/mol. The first-order valence-electron chi connectivity index (χ1n) is 11.4. The standard InChI is InChI=1S/C26H24O3.2C2H6.H2/c1-4-20-11-6-7-12-21(20)17-28-23-14-9-15-24(16-23)29-18-22-13-8-10-19(3)26(22)25(27)5-2;2*1-2;/h4-16H,1-2,17-18H2,3H3;2*1-2H3;1H. The lowest BCUT2D eigenvalue weighted by Crippen LogP contribution is -2.06. The van der Waals surface area contributed by atoms with E-state index in [4.69, 9.17) is 9.47 Å². The molecular formula is C30H38O3. The molecule has 0 aliphatic carbocycles. The molecule has 33 heavy (non-hydrogen) atoms. The number of ketones is 1. The number of allylic oxidation sites excluding steroid dienone is 1. The summed E-state index contributed by atoms with van der Waals surface area (Å²) in [5.74, 6) is 1.30. The first-order valence-corrected chi connectivity index (χ1v) is 11.4. The normalized spacial score (nSPS) is 9.36. The van der Waals surface area contributed by atoms with Gasteiger partial charge in [0.15, 0.2) is 5.78 Å². The van der Waals surface area contributed by atoms with E-state index >= 15 is 0 Å². The molecule has 3 rings (SSSR count). The Balaban J connectivity index is 0.00000207. The van der Waals surface area contributed by atoms with E-state index in [0.717, 1.165) is 22.3 Å². The first kappa shape index (κ1) is 27.4. The second kappa shape index (κ2) is 15.3. The van der Waals surface area contributed by atoms with Crippen LogP contribution in [0.5, 0.6) is 11.5 Å². The van der Waals surface area contributed by atoms with Crippen molar-refractivity contribution in [2.24, 2.45) is 0 Å². The van der Waals surface area contributed by atoms with Crippen LogP contribution < -0.4 is 9.47 Å². The molecule has 0 fully saturated rings. The van der Waals surface area contributed by atoms with Gasteiger partial charge in [0.05, 0.1) is 0 Å². The minimum Gasteiger partial charge on any atom is -0.489 e. The van der Waals surface area contributed by atoms with E-state index in [2.05, 4.69) is 13.2 Å². The van der Waals surface area contributed by atoms with Gasteiger partial charge in [-0.3, -0.25) is 4.79 Å². The second-order valence-corrected chi connectivity index (χ2v) is 6.63. The van der Waals surface area contributed by atoms with E-state index in [1.807, 2.05) is 107 Å². The van der Waals surface area contributed by atoms with Gasteiger partial charge in [0.2, 0.25) is 0 Å². The zero-order chi connectivity index (χ0) is 24.6. The van der Waals surface area contributed by atoms with Gasteiger partial charge in [-0.25, -0.2) is 0 Å².